The second kappa shape index (κ2) is 5.04. The van der Waals surface area contributed by atoms with E-state index in [1.54, 1.807) is 0 Å². The molecule has 0 spiro atoms. The van der Waals surface area contributed by atoms with Gasteiger partial charge in [0, 0.05) is 25.4 Å². The Morgan fingerprint density at radius 3 is 3.21 bits per heavy atom. The molecule has 0 saturated heterocycles. The van der Waals surface area contributed by atoms with E-state index in [4.69, 9.17) is 0 Å². The van der Waals surface area contributed by atoms with Gasteiger partial charge in [0.15, 0.2) is 5.69 Å². The van der Waals surface area contributed by atoms with E-state index in [2.05, 4.69) is 35.8 Å². The maximum Gasteiger partial charge on any atom is 0.272 e. The minimum absolute atomic E-state index is 0.1000. The molecule has 3 rings (SSSR count). The average molecular weight is 278 g/mol. The molecule has 0 aromatic carbocycles. The maximum absolute atomic E-state index is 11.9. The topological polar surface area (TPSA) is 85.6 Å². The molecular formula is C11H14N6OS. The van der Waals surface area contributed by atoms with Gasteiger partial charge in [-0.3, -0.25) is 4.79 Å². The molecule has 0 aliphatic carbocycles. The lowest BCUT2D eigenvalue weighted by Crippen LogP contribution is -2.41. The first kappa shape index (κ1) is 12.2. The number of fused-ring (bicyclic) bond motifs is 1. The van der Waals surface area contributed by atoms with Gasteiger partial charge in [-0.25, -0.2) is 0 Å². The fourth-order valence-electron chi connectivity index (χ4n) is 2.29. The highest BCUT2D eigenvalue weighted by Gasteiger charge is 2.24. The highest BCUT2D eigenvalue weighted by molar-refractivity contribution is 6.99. The van der Waals surface area contributed by atoms with E-state index in [0.29, 0.717) is 5.69 Å². The van der Waals surface area contributed by atoms with Crippen LogP contribution in [-0.2, 0) is 19.4 Å². The van der Waals surface area contributed by atoms with Gasteiger partial charge in [0.25, 0.3) is 5.91 Å². The predicted molar refractivity (Wildman–Crippen MR) is 68.9 cm³/mol. The van der Waals surface area contributed by atoms with Gasteiger partial charge in [0.05, 0.1) is 17.9 Å². The fraction of sp³-hybridized carbons (Fsp3) is 0.545. The van der Waals surface area contributed by atoms with Crippen LogP contribution in [-0.4, -0.2) is 35.5 Å². The van der Waals surface area contributed by atoms with Crippen molar-refractivity contribution in [2.24, 2.45) is 0 Å². The van der Waals surface area contributed by atoms with E-state index >= 15 is 0 Å². The Balaban J connectivity index is 1.70. The number of nitrogens with zero attached hydrogens (tertiary/aromatic N) is 5. The van der Waals surface area contributed by atoms with Crippen LogP contribution in [0.1, 0.15) is 35.5 Å². The highest BCUT2D eigenvalue weighted by Crippen LogP contribution is 2.15. The van der Waals surface area contributed by atoms with Gasteiger partial charge in [-0.15, -0.1) is 10.2 Å². The highest BCUT2D eigenvalue weighted by atomic mass is 32.1. The Kier molecular flexibility index (Phi) is 3.24. The number of hydrogen-bond acceptors (Lipinski definition) is 6. The summed E-state index contributed by atoms with van der Waals surface area (Å²) in [7, 11) is 0. The third-order valence-corrected chi connectivity index (χ3v) is 3.75. The molecule has 1 N–H and O–H groups in total. The lowest BCUT2D eigenvalue weighted by molar-refractivity contribution is 0.0923. The summed E-state index contributed by atoms with van der Waals surface area (Å²) >= 11 is 1.04. The van der Waals surface area contributed by atoms with Crippen LogP contribution in [0.2, 0.25) is 0 Å². The molecule has 1 unspecified atom stereocenters. The van der Waals surface area contributed by atoms with Crippen molar-refractivity contribution in [2.45, 2.75) is 38.8 Å². The minimum Gasteiger partial charge on any atom is -0.346 e. The maximum atomic E-state index is 11.9. The number of rotatable bonds is 3. The first-order chi connectivity index (χ1) is 9.28. The van der Waals surface area contributed by atoms with Crippen LogP contribution < -0.4 is 5.32 Å². The number of carbonyl (C=O) groups excluding carboxylic acids is 1. The Labute approximate surface area is 114 Å². The number of amides is 1. The molecule has 2 aromatic rings. The fourth-order valence-corrected chi connectivity index (χ4v) is 2.70. The average Bonchev–Trinajstić information content (AvgIpc) is 3.07. The zero-order valence-electron chi connectivity index (χ0n) is 10.5. The monoisotopic (exact) mass is 278 g/mol. The van der Waals surface area contributed by atoms with E-state index in [1.807, 2.05) is 0 Å². The summed E-state index contributed by atoms with van der Waals surface area (Å²) in [5, 5.41) is 11.3. The van der Waals surface area contributed by atoms with Crippen LogP contribution >= 0.6 is 11.7 Å². The summed E-state index contributed by atoms with van der Waals surface area (Å²) in [6.07, 6.45) is 4.06. The van der Waals surface area contributed by atoms with E-state index < -0.39 is 0 Å². The van der Waals surface area contributed by atoms with E-state index in [1.165, 1.54) is 6.20 Å². The van der Waals surface area contributed by atoms with Crippen molar-refractivity contribution in [3.63, 3.8) is 0 Å². The molecule has 100 valence electrons. The summed E-state index contributed by atoms with van der Waals surface area (Å²) in [6.45, 7) is 2.79. The zero-order chi connectivity index (χ0) is 13.2. The number of aryl methyl sites for hydroxylation is 2. The van der Waals surface area contributed by atoms with Gasteiger partial charge >= 0.3 is 0 Å². The van der Waals surface area contributed by atoms with Crippen molar-refractivity contribution < 1.29 is 4.79 Å². The predicted octanol–water partition coefficient (Wildman–Crippen LogP) is 0.437. The molecule has 2 aromatic heterocycles. The van der Waals surface area contributed by atoms with E-state index in [9.17, 15) is 4.79 Å². The summed E-state index contributed by atoms with van der Waals surface area (Å²) in [5.41, 5.74) is 0.385. The number of nitrogens with one attached hydrogen (secondary N) is 1. The number of aromatic nitrogens is 5. The summed E-state index contributed by atoms with van der Waals surface area (Å²) in [5.74, 6) is 1.83. The molecule has 3 heterocycles. The third kappa shape index (κ3) is 2.35. The normalized spacial score (nSPS) is 18.1. The molecule has 1 aliphatic heterocycles. The van der Waals surface area contributed by atoms with Gasteiger partial charge < -0.3 is 9.88 Å². The first-order valence-electron chi connectivity index (χ1n) is 6.27. The minimum atomic E-state index is -0.159. The molecule has 19 heavy (non-hydrogen) atoms. The number of hydrogen-bond donors (Lipinski definition) is 1. The molecular weight excluding hydrogens is 264 g/mol. The molecule has 0 fully saturated rings. The second-order valence-corrected chi connectivity index (χ2v) is 5.06. The van der Waals surface area contributed by atoms with Crippen molar-refractivity contribution in [3.8, 4) is 0 Å². The Morgan fingerprint density at radius 1 is 1.58 bits per heavy atom. The molecule has 1 amide bonds. The summed E-state index contributed by atoms with van der Waals surface area (Å²) < 4.78 is 9.88. The molecule has 0 saturated carbocycles. The first-order valence-corrected chi connectivity index (χ1v) is 7.00. The summed E-state index contributed by atoms with van der Waals surface area (Å²) in [4.78, 5) is 11.9. The van der Waals surface area contributed by atoms with E-state index in [0.717, 1.165) is 49.2 Å². The smallest absolute Gasteiger partial charge is 0.272 e. The van der Waals surface area contributed by atoms with Crippen molar-refractivity contribution in [2.75, 3.05) is 0 Å². The van der Waals surface area contributed by atoms with Crippen LogP contribution in [0.4, 0.5) is 0 Å². The lowest BCUT2D eigenvalue weighted by atomic mass is 10.1. The third-order valence-electron chi connectivity index (χ3n) is 3.27. The van der Waals surface area contributed by atoms with Crippen LogP contribution in [0.15, 0.2) is 6.20 Å². The summed E-state index contributed by atoms with van der Waals surface area (Å²) in [6, 6.07) is 0.1000. The SMILES string of the molecule is CCc1nnc2n1CC(NC(=O)c1cnsn1)CC2. The quantitative estimate of drug-likeness (QED) is 0.880. The molecule has 1 atom stereocenters. The molecule has 8 heteroatoms. The van der Waals surface area contributed by atoms with Crippen LogP contribution in [0, 0.1) is 0 Å². The van der Waals surface area contributed by atoms with Gasteiger partial charge in [0.1, 0.15) is 11.6 Å². The van der Waals surface area contributed by atoms with Gasteiger partial charge in [-0.1, -0.05) is 6.92 Å². The zero-order valence-corrected chi connectivity index (χ0v) is 11.4. The van der Waals surface area contributed by atoms with Gasteiger partial charge in [-0.2, -0.15) is 8.75 Å². The Hall–Kier alpha value is -1.83. The second-order valence-electron chi connectivity index (χ2n) is 4.50. The van der Waals surface area contributed by atoms with Crippen molar-refractivity contribution in [3.05, 3.63) is 23.5 Å². The van der Waals surface area contributed by atoms with Crippen molar-refractivity contribution in [1.82, 2.24) is 28.8 Å². The Morgan fingerprint density at radius 2 is 2.47 bits per heavy atom. The number of carbonyl (C=O) groups is 1. The lowest BCUT2D eigenvalue weighted by Gasteiger charge is -2.24. The van der Waals surface area contributed by atoms with Crippen LogP contribution in [0.25, 0.3) is 0 Å². The standard InChI is InChI=1S/C11H14N6OS/c1-2-9-14-15-10-4-3-7(6-17(9)10)13-11(18)8-5-12-19-16-8/h5,7H,2-4,6H2,1H3,(H,13,18). The molecule has 1 aliphatic rings. The Bertz CT molecular complexity index is 565. The van der Waals surface area contributed by atoms with Crippen LogP contribution in [0.5, 0.6) is 0 Å². The molecule has 7 nitrogen and oxygen atoms in total. The largest absolute Gasteiger partial charge is 0.346 e. The van der Waals surface area contributed by atoms with E-state index in [-0.39, 0.29) is 11.9 Å². The van der Waals surface area contributed by atoms with Crippen molar-refractivity contribution >= 4 is 17.6 Å². The van der Waals surface area contributed by atoms with Crippen molar-refractivity contribution in [1.29, 1.82) is 0 Å². The van der Waals surface area contributed by atoms with Gasteiger partial charge in [-0.05, 0) is 6.42 Å². The van der Waals surface area contributed by atoms with Gasteiger partial charge in [0.2, 0.25) is 0 Å². The molecule has 0 radical (unpaired) electrons. The molecule has 0 bridgehead atoms. The van der Waals surface area contributed by atoms with Crippen LogP contribution in [0.3, 0.4) is 0 Å².